The summed E-state index contributed by atoms with van der Waals surface area (Å²) in [6, 6.07) is 6.65. The van der Waals surface area contributed by atoms with Crippen molar-refractivity contribution in [3.8, 4) is 0 Å². The van der Waals surface area contributed by atoms with Crippen LogP contribution in [0.4, 0.5) is 0 Å². The van der Waals surface area contributed by atoms with Crippen molar-refractivity contribution in [3.05, 3.63) is 41.6 Å². The number of hydrazine groups is 1. The van der Waals surface area contributed by atoms with Crippen molar-refractivity contribution in [2.24, 2.45) is 5.84 Å². The molecule has 1 unspecified atom stereocenters. The molecule has 21 heavy (non-hydrogen) atoms. The topological polar surface area (TPSA) is 69.0 Å². The highest BCUT2D eigenvalue weighted by molar-refractivity contribution is 5.14. The number of nitrogens with zero attached hydrogens (tertiary/aromatic N) is 2. The van der Waals surface area contributed by atoms with Gasteiger partial charge in [-0.2, -0.15) is 5.10 Å². The Labute approximate surface area is 125 Å². The molecule has 0 aromatic carbocycles. The predicted molar refractivity (Wildman–Crippen MR) is 81.6 cm³/mol. The number of hydrogen-bond acceptors (Lipinski definition) is 4. The van der Waals surface area contributed by atoms with Crippen LogP contribution in [0.3, 0.4) is 0 Å². The minimum absolute atomic E-state index is 0.0303. The molecule has 1 saturated carbocycles. The molecule has 114 valence electrons. The van der Waals surface area contributed by atoms with E-state index in [-0.39, 0.29) is 6.04 Å². The van der Waals surface area contributed by atoms with Crippen molar-refractivity contribution >= 4 is 0 Å². The van der Waals surface area contributed by atoms with Gasteiger partial charge < -0.3 is 4.42 Å². The highest BCUT2D eigenvalue weighted by atomic mass is 16.3. The number of nitrogens with two attached hydrogens (primary N) is 1. The second-order valence-electron chi connectivity index (χ2n) is 5.81. The maximum atomic E-state index is 5.79. The van der Waals surface area contributed by atoms with Crippen LogP contribution in [-0.2, 0) is 12.8 Å². The first-order valence-corrected chi connectivity index (χ1v) is 7.89. The zero-order valence-corrected chi connectivity index (χ0v) is 12.6. The van der Waals surface area contributed by atoms with Crippen molar-refractivity contribution in [2.75, 3.05) is 0 Å². The first-order chi connectivity index (χ1) is 10.3. The van der Waals surface area contributed by atoms with Crippen LogP contribution in [0.1, 0.15) is 61.9 Å². The Hall–Kier alpha value is -1.59. The van der Waals surface area contributed by atoms with Gasteiger partial charge >= 0.3 is 0 Å². The lowest BCUT2D eigenvalue weighted by Crippen LogP contribution is -2.29. The van der Waals surface area contributed by atoms with E-state index >= 15 is 0 Å². The number of nitrogens with one attached hydrogen (secondary N) is 1. The van der Waals surface area contributed by atoms with E-state index in [9.17, 15) is 0 Å². The SMILES string of the molecule is CCc1ccc(C(Cc2ccn(C3CCCC3)n2)NN)o1. The van der Waals surface area contributed by atoms with Gasteiger partial charge in [-0.15, -0.1) is 0 Å². The zero-order valence-electron chi connectivity index (χ0n) is 12.6. The van der Waals surface area contributed by atoms with Gasteiger partial charge in [0.05, 0.1) is 17.8 Å². The third-order valence-electron chi connectivity index (χ3n) is 4.35. The maximum absolute atomic E-state index is 5.79. The molecule has 2 heterocycles. The summed E-state index contributed by atoms with van der Waals surface area (Å²) in [6.07, 6.45) is 8.87. The standard InChI is InChI=1S/C16H24N4O/c1-2-14-7-8-16(21-14)15(18-17)11-12-9-10-20(19-12)13-5-3-4-6-13/h7-10,13,15,18H,2-6,11,17H2,1H3. The number of hydrogen-bond donors (Lipinski definition) is 2. The summed E-state index contributed by atoms with van der Waals surface area (Å²) < 4.78 is 7.91. The quantitative estimate of drug-likeness (QED) is 0.633. The molecule has 5 nitrogen and oxygen atoms in total. The van der Waals surface area contributed by atoms with Gasteiger partial charge in [0.15, 0.2) is 0 Å². The van der Waals surface area contributed by atoms with E-state index in [0.29, 0.717) is 6.04 Å². The summed E-state index contributed by atoms with van der Waals surface area (Å²) in [4.78, 5) is 0. The monoisotopic (exact) mass is 288 g/mol. The Balaban J connectivity index is 1.68. The lowest BCUT2D eigenvalue weighted by atomic mass is 10.1. The van der Waals surface area contributed by atoms with Crippen LogP contribution in [0.15, 0.2) is 28.8 Å². The molecular weight excluding hydrogens is 264 g/mol. The van der Waals surface area contributed by atoms with Gasteiger partial charge in [-0.05, 0) is 31.0 Å². The van der Waals surface area contributed by atoms with Crippen LogP contribution in [0, 0.1) is 0 Å². The molecule has 2 aromatic rings. The second-order valence-corrected chi connectivity index (χ2v) is 5.81. The van der Waals surface area contributed by atoms with Gasteiger partial charge in [0.2, 0.25) is 0 Å². The van der Waals surface area contributed by atoms with Crippen LogP contribution < -0.4 is 11.3 Å². The molecule has 1 fully saturated rings. The fourth-order valence-electron chi connectivity index (χ4n) is 3.08. The molecule has 3 N–H and O–H groups in total. The molecule has 2 aromatic heterocycles. The lowest BCUT2D eigenvalue weighted by molar-refractivity contribution is 0.391. The molecule has 0 radical (unpaired) electrons. The van der Waals surface area contributed by atoms with Crippen molar-refractivity contribution in [2.45, 2.75) is 57.5 Å². The van der Waals surface area contributed by atoms with E-state index in [1.54, 1.807) is 0 Å². The van der Waals surface area contributed by atoms with Gasteiger partial charge in [-0.3, -0.25) is 10.5 Å². The maximum Gasteiger partial charge on any atom is 0.122 e. The Morgan fingerprint density at radius 3 is 2.86 bits per heavy atom. The van der Waals surface area contributed by atoms with Crippen molar-refractivity contribution in [3.63, 3.8) is 0 Å². The van der Waals surface area contributed by atoms with Crippen LogP contribution in [0.25, 0.3) is 0 Å². The Kier molecular flexibility index (Phi) is 4.41. The molecule has 5 heteroatoms. The van der Waals surface area contributed by atoms with Gasteiger partial charge in [-0.25, -0.2) is 5.43 Å². The third-order valence-corrected chi connectivity index (χ3v) is 4.35. The summed E-state index contributed by atoms with van der Waals surface area (Å²) in [7, 11) is 0. The van der Waals surface area contributed by atoms with E-state index in [2.05, 4.69) is 29.3 Å². The summed E-state index contributed by atoms with van der Waals surface area (Å²) in [5.74, 6) is 7.55. The molecule has 0 amide bonds. The molecular formula is C16H24N4O. The highest BCUT2D eigenvalue weighted by Gasteiger charge is 2.20. The zero-order chi connectivity index (χ0) is 14.7. The van der Waals surface area contributed by atoms with Crippen LogP contribution in [0.5, 0.6) is 0 Å². The van der Waals surface area contributed by atoms with Gasteiger partial charge in [0, 0.05) is 19.0 Å². The average molecular weight is 288 g/mol. The molecule has 0 spiro atoms. The van der Waals surface area contributed by atoms with Gasteiger partial charge in [-0.1, -0.05) is 19.8 Å². The van der Waals surface area contributed by atoms with Gasteiger partial charge in [0.1, 0.15) is 11.5 Å². The van der Waals surface area contributed by atoms with Crippen molar-refractivity contribution in [1.82, 2.24) is 15.2 Å². The summed E-state index contributed by atoms with van der Waals surface area (Å²) in [5.41, 5.74) is 3.89. The smallest absolute Gasteiger partial charge is 0.122 e. The summed E-state index contributed by atoms with van der Waals surface area (Å²) >= 11 is 0. The Morgan fingerprint density at radius 2 is 2.19 bits per heavy atom. The molecule has 1 aliphatic rings. The molecule has 1 aliphatic carbocycles. The van der Waals surface area contributed by atoms with E-state index in [0.717, 1.165) is 30.1 Å². The Morgan fingerprint density at radius 1 is 1.38 bits per heavy atom. The van der Waals surface area contributed by atoms with Crippen molar-refractivity contribution in [1.29, 1.82) is 0 Å². The van der Waals surface area contributed by atoms with Gasteiger partial charge in [0.25, 0.3) is 0 Å². The van der Waals surface area contributed by atoms with E-state index in [4.69, 9.17) is 15.4 Å². The minimum atomic E-state index is -0.0303. The number of aromatic nitrogens is 2. The number of aryl methyl sites for hydroxylation is 1. The fraction of sp³-hybridized carbons (Fsp3) is 0.562. The molecule has 0 saturated heterocycles. The lowest BCUT2D eigenvalue weighted by Gasteiger charge is -2.12. The van der Waals surface area contributed by atoms with Crippen LogP contribution in [0.2, 0.25) is 0 Å². The summed E-state index contributed by atoms with van der Waals surface area (Å²) in [6.45, 7) is 2.08. The first kappa shape index (κ1) is 14.4. The summed E-state index contributed by atoms with van der Waals surface area (Å²) in [5, 5.41) is 4.71. The average Bonchev–Trinajstić information content (AvgIpc) is 3.23. The molecule has 0 aliphatic heterocycles. The van der Waals surface area contributed by atoms with Crippen LogP contribution >= 0.6 is 0 Å². The Bertz CT molecular complexity index is 568. The first-order valence-electron chi connectivity index (χ1n) is 7.89. The van der Waals surface area contributed by atoms with E-state index in [1.807, 2.05) is 12.1 Å². The molecule has 0 bridgehead atoms. The predicted octanol–water partition coefficient (Wildman–Crippen LogP) is 2.90. The minimum Gasteiger partial charge on any atom is -0.464 e. The third kappa shape index (κ3) is 3.19. The van der Waals surface area contributed by atoms with E-state index < -0.39 is 0 Å². The van der Waals surface area contributed by atoms with Crippen LogP contribution in [-0.4, -0.2) is 9.78 Å². The fourth-order valence-corrected chi connectivity index (χ4v) is 3.08. The molecule has 1 atom stereocenters. The van der Waals surface area contributed by atoms with E-state index in [1.165, 1.54) is 25.7 Å². The number of furan rings is 1. The van der Waals surface area contributed by atoms with Crippen molar-refractivity contribution < 1.29 is 4.42 Å². The number of rotatable bonds is 6. The normalized spacial score (nSPS) is 17.4. The molecule has 3 rings (SSSR count). The largest absolute Gasteiger partial charge is 0.464 e. The highest BCUT2D eigenvalue weighted by Crippen LogP contribution is 2.29. The second kappa shape index (κ2) is 6.45.